The van der Waals surface area contributed by atoms with Crippen molar-refractivity contribution in [2.75, 3.05) is 39.3 Å². The average Bonchev–Trinajstić information content (AvgIpc) is 3.39. The predicted molar refractivity (Wildman–Crippen MR) is 107 cm³/mol. The number of carbonyl (C=O) groups excluding carboxylic acids is 1. The van der Waals surface area contributed by atoms with Gasteiger partial charge in [0.1, 0.15) is 0 Å². The number of aryl methyl sites for hydroxylation is 1. The molecule has 3 heterocycles. The van der Waals surface area contributed by atoms with Gasteiger partial charge in [0.2, 0.25) is 0 Å². The van der Waals surface area contributed by atoms with Gasteiger partial charge in [-0.05, 0) is 25.5 Å². The van der Waals surface area contributed by atoms with Crippen molar-refractivity contribution in [1.82, 2.24) is 20.1 Å². The Morgan fingerprint density at radius 2 is 2.07 bits per heavy atom. The van der Waals surface area contributed by atoms with Crippen LogP contribution in [-0.2, 0) is 12.8 Å². The van der Waals surface area contributed by atoms with E-state index in [4.69, 9.17) is 9.41 Å². The molecule has 8 heteroatoms. The molecular formula is C19H27N5O2S. The van der Waals surface area contributed by atoms with E-state index in [0.717, 1.165) is 43.4 Å². The fourth-order valence-corrected chi connectivity index (χ4v) is 3.84. The summed E-state index contributed by atoms with van der Waals surface area (Å²) < 4.78 is 5.22. The molecule has 7 nitrogen and oxygen atoms in total. The highest BCUT2D eigenvalue weighted by atomic mass is 32.1. The van der Waals surface area contributed by atoms with Crippen molar-refractivity contribution in [3.8, 4) is 0 Å². The van der Waals surface area contributed by atoms with Crippen molar-refractivity contribution in [3.05, 3.63) is 40.2 Å². The monoisotopic (exact) mass is 389 g/mol. The van der Waals surface area contributed by atoms with Gasteiger partial charge in [-0.3, -0.25) is 9.79 Å². The molecule has 27 heavy (non-hydrogen) atoms. The summed E-state index contributed by atoms with van der Waals surface area (Å²) in [5.41, 5.74) is 0. The van der Waals surface area contributed by atoms with Crippen LogP contribution in [0.3, 0.4) is 0 Å². The van der Waals surface area contributed by atoms with Crippen molar-refractivity contribution in [3.63, 3.8) is 0 Å². The molecule has 2 aromatic heterocycles. The van der Waals surface area contributed by atoms with E-state index in [2.05, 4.69) is 29.0 Å². The summed E-state index contributed by atoms with van der Waals surface area (Å²) in [7, 11) is 0. The predicted octanol–water partition coefficient (Wildman–Crippen LogP) is 2.26. The zero-order chi connectivity index (χ0) is 19.1. The van der Waals surface area contributed by atoms with Crippen molar-refractivity contribution in [2.45, 2.75) is 26.7 Å². The molecule has 0 bridgehead atoms. The minimum atomic E-state index is -0.0444. The van der Waals surface area contributed by atoms with E-state index in [-0.39, 0.29) is 5.91 Å². The number of thiazole rings is 1. The van der Waals surface area contributed by atoms with E-state index >= 15 is 0 Å². The van der Waals surface area contributed by atoms with Crippen LogP contribution in [0.25, 0.3) is 0 Å². The zero-order valence-corrected chi connectivity index (χ0v) is 16.8. The maximum absolute atomic E-state index is 12.4. The lowest BCUT2D eigenvalue weighted by Gasteiger charge is -2.36. The first-order valence-electron chi connectivity index (χ1n) is 9.50. The normalized spacial score (nSPS) is 15.3. The van der Waals surface area contributed by atoms with E-state index < -0.39 is 0 Å². The molecule has 146 valence electrons. The molecule has 0 spiro atoms. The fourth-order valence-electron chi connectivity index (χ4n) is 2.99. The number of rotatable bonds is 6. The lowest BCUT2D eigenvalue weighted by molar-refractivity contribution is 0.0657. The Balaban J connectivity index is 1.53. The molecule has 1 aliphatic heterocycles. The molecule has 0 saturated carbocycles. The van der Waals surface area contributed by atoms with Crippen LogP contribution in [0.1, 0.15) is 34.3 Å². The second-order valence-electron chi connectivity index (χ2n) is 6.32. The first-order chi connectivity index (χ1) is 13.2. The van der Waals surface area contributed by atoms with Crippen LogP contribution < -0.4 is 5.32 Å². The topological polar surface area (TPSA) is 74.0 Å². The van der Waals surface area contributed by atoms with Crippen molar-refractivity contribution < 1.29 is 9.21 Å². The quantitative estimate of drug-likeness (QED) is 0.606. The molecule has 1 saturated heterocycles. The standard InChI is InChI=1S/C19H27N5O2S/c1-3-15-14-22-17(27-15)7-8-21-19(20-4-2)24-11-9-23(10-12-24)18(25)16-6-5-13-26-16/h5-6,13-14H,3-4,7-12H2,1-2H3,(H,20,21). The smallest absolute Gasteiger partial charge is 0.289 e. The van der Waals surface area contributed by atoms with Gasteiger partial charge < -0.3 is 19.5 Å². The number of nitrogens with zero attached hydrogens (tertiary/aromatic N) is 4. The van der Waals surface area contributed by atoms with Crippen LogP contribution in [0, 0.1) is 0 Å². The van der Waals surface area contributed by atoms with E-state index in [9.17, 15) is 4.79 Å². The van der Waals surface area contributed by atoms with Gasteiger partial charge in [-0.2, -0.15) is 0 Å². The van der Waals surface area contributed by atoms with Gasteiger partial charge in [0.15, 0.2) is 11.7 Å². The second-order valence-corrected chi connectivity index (χ2v) is 7.52. The van der Waals surface area contributed by atoms with Gasteiger partial charge >= 0.3 is 0 Å². The summed E-state index contributed by atoms with van der Waals surface area (Å²) in [4.78, 5) is 27.0. The first-order valence-corrected chi connectivity index (χ1v) is 10.3. The minimum Gasteiger partial charge on any atom is -0.459 e. The number of aromatic nitrogens is 1. The Labute approximate surface area is 164 Å². The van der Waals surface area contributed by atoms with Crippen LogP contribution >= 0.6 is 11.3 Å². The number of guanidine groups is 1. The van der Waals surface area contributed by atoms with Crippen molar-refractivity contribution in [1.29, 1.82) is 0 Å². The van der Waals surface area contributed by atoms with Crippen LogP contribution in [-0.4, -0.2) is 65.9 Å². The highest BCUT2D eigenvalue weighted by molar-refractivity contribution is 7.11. The molecule has 0 radical (unpaired) electrons. The Hall–Kier alpha value is -2.35. The first kappa shape index (κ1) is 19.4. The lowest BCUT2D eigenvalue weighted by atomic mass is 10.3. The number of nitrogens with one attached hydrogen (secondary N) is 1. The number of amides is 1. The third kappa shape index (κ3) is 5.09. The summed E-state index contributed by atoms with van der Waals surface area (Å²) >= 11 is 1.77. The third-order valence-corrected chi connectivity index (χ3v) is 5.67. The van der Waals surface area contributed by atoms with Crippen LogP contribution in [0.4, 0.5) is 0 Å². The maximum Gasteiger partial charge on any atom is 0.289 e. The maximum atomic E-state index is 12.4. The average molecular weight is 390 g/mol. The molecule has 1 N–H and O–H groups in total. The number of aliphatic imine (C=N–C) groups is 1. The molecule has 1 aliphatic rings. The summed E-state index contributed by atoms with van der Waals surface area (Å²) in [6, 6.07) is 3.45. The van der Waals surface area contributed by atoms with E-state index in [1.54, 1.807) is 23.5 Å². The summed E-state index contributed by atoms with van der Waals surface area (Å²) in [5, 5.41) is 4.50. The lowest BCUT2D eigenvalue weighted by Crippen LogP contribution is -2.53. The number of piperazine rings is 1. The Bertz CT molecular complexity index is 748. The van der Waals surface area contributed by atoms with Gasteiger partial charge in [-0.15, -0.1) is 11.3 Å². The molecule has 1 fully saturated rings. The fraction of sp³-hybridized carbons (Fsp3) is 0.526. The van der Waals surface area contributed by atoms with E-state index in [1.807, 2.05) is 11.1 Å². The van der Waals surface area contributed by atoms with Gasteiger partial charge in [0.25, 0.3) is 5.91 Å². The Morgan fingerprint density at radius 3 is 2.70 bits per heavy atom. The summed E-state index contributed by atoms with van der Waals surface area (Å²) in [6.45, 7) is 8.60. The molecule has 1 amide bonds. The third-order valence-electron chi connectivity index (χ3n) is 4.47. The van der Waals surface area contributed by atoms with Gasteiger partial charge in [-0.25, -0.2) is 4.98 Å². The Morgan fingerprint density at radius 1 is 1.30 bits per heavy atom. The molecule has 0 atom stereocenters. The van der Waals surface area contributed by atoms with Gasteiger partial charge in [0, 0.05) is 56.8 Å². The minimum absolute atomic E-state index is 0.0444. The molecule has 3 rings (SSSR count). The molecule has 0 aliphatic carbocycles. The second kappa shape index (κ2) is 9.55. The van der Waals surface area contributed by atoms with Crippen molar-refractivity contribution >= 4 is 23.2 Å². The van der Waals surface area contributed by atoms with E-state index in [0.29, 0.717) is 25.4 Å². The Kier molecular flexibility index (Phi) is 6.86. The summed E-state index contributed by atoms with van der Waals surface area (Å²) in [5.74, 6) is 1.27. The highest BCUT2D eigenvalue weighted by Crippen LogP contribution is 2.14. The number of hydrogen-bond acceptors (Lipinski definition) is 5. The molecule has 0 aromatic carbocycles. The molecule has 2 aromatic rings. The van der Waals surface area contributed by atoms with Crippen LogP contribution in [0.2, 0.25) is 0 Å². The zero-order valence-electron chi connectivity index (χ0n) is 16.0. The number of hydrogen-bond donors (Lipinski definition) is 1. The van der Waals surface area contributed by atoms with E-state index in [1.165, 1.54) is 11.1 Å². The number of carbonyl (C=O) groups is 1. The van der Waals surface area contributed by atoms with Gasteiger partial charge in [0.05, 0.1) is 11.3 Å². The molecule has 0 unspecified atom stereocenters. The number of furan rings is 1. The van der Waals surface area contributed by atoms with Crippen molar-refractivity contribution in [2.24, 2.45) is 4.99 Å². The van der Waals surface area contributed by atoms with Crippen LogP contribution in [0.15, 0.2) is 34.0 Å². The van der Waals surface area contributed by atoms with Gasteiger partial charge in [-0.1, -0.05) is 6.92 Å². The highest BCUT2D eigenvalue weighted by Gasteiger charge is 2.25. The summed E-state index contributed by atoms with van der Waals surface area (Å²) in [6.07, 6.45) is 5.39. The van der Waals surface area contributed by atoms with Crippen LogP contribution in [0.5, 0.6) is 0 Å². The molecular weight excluding hydrogens is 362 g/mol. The SMILES string of the molecule is CCNC(=NCCc1ncc(CC)s1)N1CCN(C(=O)c2ccco2)CC1. The largest absolute Gasteiger partial charge is 0.459 e.